The van der Waals surface area contributed by atoms with Crippen LogP contribution in [0.25, 0.3) is 0 Å². The van der Waals surface area contributed by atoms with E-state index >= 15 is 0 Å². The van der Waals surface area contributed by atoms with Crippen LogP contribution < -0.4 is 0 Å². The molecule has 100 valence electrons. The molecule has 0 saturated carbocycles. The Hall–Kier alpha value is -1.36. The SMILES string of the molecule is Cc1ncc(C(CC(=O)O)C2CCN(C)CC2)[nH]1. The van der Waals surface area contributed by atoms with Crippen molar-refractivity contribution >= 4 is 5.97 Å². The molecule has 2 N–H and O–H groups in total. The second-order valence-electron chi connectivity index (χ2n) is 5.27. The predicted octanol–water partition coefficient (Wildman–Crippen LogP) is 1.62. The Morgan fingerprint density at radius 3 is 2.78 bits per heavy atom. The molecule has 1 fully saturated rings. The maximum absolute atomic E-state index is 11.1. The van der Waals surface area contributed by atoms with Gasteiger partial charge in [-0.2, -0.15) is 0 Å². The molecule has 1 atom stereocenters. The van der Waals surface area contributed by atoms with Gasteiger partial charge in [-0.05, 0) is 45.8 Å². The first kappa shape index (κ1) is 13.1. The van der Waals surface area contributed by atoms with Crippen LogP contribution in [-0.4, -0.2) is 46.1 Å². The van der Waals surface area contributed by atoms with Crippen molar-refractivity contribution in [3.8, 4) is 0 Å². The smallest absolute Gasteiger partial charge is 0.304 e. The average Bonchev–Trinajstić information content (AvgIpc) is 2.74. The van der Waals surface area contributed by atoms with Gasteiger partial charge in [-0.3, -0.25) is 4.79 Å². The van der Waals surface area contributed by atoms with E-state index in [1.165, 1.54) is 0 Å². The van der Waals surface area contributed by atoms with Crippen LogP contribution in [-0.2, 0) is 4.79 Å². The fourth-order valence-corrected chi connectivity index (χ4v) is 2.78. The Balaban J connectivity index is 2.12. The van der Waals surface area contributed by atoms with E-state index in [9.17, 15) is 4.79 Å². The van der Waals surface area contributed by atoms with Gasteiger partial charge in [-0.15, -0.1) is 0 Å². The zero-order chi connectivity index (χ0) is 13.1. The summed E-state index contributed by atoms with van der Waals surface area (Å²) < 4.78 is 0. The van der Waals surface area contributed by atoms with Crippen LogP contribution in [0.15, 0.2) is 6.20 Å². The Labute approximate surface area is 107 Å². The van der Waals surface area contributed by atoms with Crippen LogP contribution in [0, 0.1) is 12.8 Å². The molecule has 0 aromatic carbocycles. The molecule has 1 aromatic rings. The summed E-state index contributed by atoms with van der Waals surface area (Å²) in [7, 11) is 2.11. The number of likely N-dealkylation sites (tertiary alicyclic amines) is 1. The Bertz CT molecular complexity index is 408. The molecule has 5 nitrogen and oxygen atoms in total. The van der Waals surface area contributed by atoms with E-state index in [1.54, 1.807) is 6.20 Å². The number of piperidine rings is 1. The topological polar surface area (TPSA) is 69.2 Å². The third kappa shape index (κ3) is 3.10. The minimum atomic E-state index is -0.730. The van der Waals surface area contributed by atoms with Gasteiger partial charge in [0.05, 0.1) is 6.42 Å². The van der Waals surface area contributed by atoms with Crippen molar-refractivity contribution < 1.29 is 9.90 Å². The first-order chi connectivity index (χ1) is 8.56. The fourth-order valence-electron chi connectivity index (χ4n) is 2.78. The van der Waals surface area contributed by atoms with E-state index in [0.29, 0.717) is 5.92 Å². The fraction of sp³-hybridized carbons (Fsp3) is 0.692. The summed E-state index contributed by atoms with van der Waals surface area (Å²) in [5.41, 5.74) is 0.976. The molecule has 2 rings (SSSR count). The van der Waals surface area contributed by atoms with Gasteiger partial charge in [0.25, 0.3) is 0 Å². The summed E-state index contributed by atoms with van der Waals surface area (Å²) in [6.45, 7) is 4.00. The molecule has 0 aliphatic carbocycles. The Morgan fingerprint density at radius 1 is 1.61 bits per heavy atom. The van der Waals surface area contributed by atoms with Gasteiger partial charge in [-0.25, -0.2) is 4.98 Å². The first-order valence-corrected chi connectivity index (χ1v) is 6.48. The molecule has 1 aliphatic rings. The lowest BCUT2D eigenvalue weighted by Gasteiger charge is -2.33. The summed E-state index contributed by atoms with van der Waals surface area (Å²) >= 11 is 0. The number of hydrogen-bond donors (Lipinski definition) is 2. The Morgan fingerprint density at radius 2 is 2.28 bits per heavy atom. The highest BCUT2D eigenvalue weighted by atomic mass is 16.4. The molecule has 5 heteroatoms. The highest BCUT2D eigenvalue weighted by Gasteiger charge is 2.29. The third-order valence-corrected chi connectivity index (χ3v) is 3.85. The van der Waals surface area contributed by atoms with Gasteiger partial charge in [-0.1, -0.05) is 0 Å². The van der Waals surface area contributed by atoms with Crippen LogP contribution in [0.4, 0.5) is 0 Å². The van der Waals surface area contributed by atoms with Crippen molar-refractivity contribution in [1.82, 2.24) is 14.9 Å². The van der Waals surface area contributed by atoms with E-state index in [4.69, 9.17) is 5.11 Å². The number of hydrogen-bond acceptors (Lipinski definition) is 3. The molecule has 18 heavy (non-hydrogen) atoms. The normalized spacial score (nSPS) is 19.9. The second-order valence-corrected chi connectivity index (χ2v) is 5.27. The number of H-pyrrole nitrogens is 1. The summed E-state index contributed by atoms with van der Waals surface area (Å²) in [5.74, 6) is 0.633. The molecule has 1 unspecified atom stereocenters. The molecule has 2 heterocycles. The van der Waals surface area contributed by atoms with E-state index in [0.717, 1.165) is 37.4 Å². The standard InChI is InChI=1S/C13H21N3O2/c1-9-14-8-12(15-9)11(7-13(17)18)10-3-5-16(2)6-4-10/h8,10-11H,3-7H2,1-2H3,(H,14,15)(H,17,18). The Kier molecular flexibility index (Phi) is 4.01. The van der Waals surface area contributed by atoms with Crippen LogP contribution in [0.5, 0.6) is 0 Å². The number of aliphatic carboxylic acids is 1. The number of nitrogens with zero attached hydrogens (tertiary/aromatic N) is 2. The maximum Gasteiger partial charge on any atom is 0.304 e. The molecular weight excluding hydrogens is 230 g/mol. The van der Waals surface area contributed by atoms with Crippen LogP contribution >= 0.6 is 0 Å². The minimum absolute atomic E-state index is 0.0670. The van der Waals surface area contributed by atoms with Gasteiger partial charge < -0.3 is 15.0 Å². The van der Waals surface area contributed by atoms with Crippen LogP contribution in [0.3, 0.4) is 0 Å². The molecule has 0 radical (unpaired) electrons. The van der Waals surface area contributed by atoms with Gasteiger partial charge in [0.2, 0.25) is 0 Å². The molecule has 1 aromatic heterocycles. The second kappa shape index (κ2) is 5.52. The monoisotopic (exact) mass is 251 g/mol. The number of aromatic nitrogens is 2. The van der Waals surface area contributed by atoms with Crippen molar-refractivity contribution in [3.05, 3.63) is 17.7 Å². The van der Waals surface area contributed by atoms with Gasteiger partial charge >= 0.3 is 5.97 Å². The number of carboxylic acid groups (broad SMARTS) is 1. The largest absolute Gasteiger partial charge is 0.481 e. The van der Waals surface area contributed by atoms with Gasteiger partial charge in [0.15, 0.2) is 0 Å². The predicted molar refractivity (Wildman–Crippen MR) is 68.5 cm³/mol. The number of carboxylic acids is 1. The maximum atomic E-state index is 11.1. The highest BCUT2D eigenvalue weighted by molar-refractivity contribution is 5.68. The number of imidazole rings is 1. The number of carbonyl (C=O) groups is 1. The van der Waals surface area contributed by atoms with Crippen molar-refractivity contribution in [2.75, 3.05) is 20.1 Å². The highest BCUT2D eigenvalue weighted by Crippen LogP contribution is 2.34. The molecule has 1 saturated heterocycles. The van der Waals surface area contributed by atoms with Crippen molar-refractivity contribution in [1.29, 1.82) is 0 Å². The summed E-state index contributed by atoms with van der Waals surface area (Å²) in [6, 6.07) is 0. The van der Waals surface area contributed by atoms with Crippen LogP contribution in [0.1, 0.15) is 36.7 Å². The number of nitrogens with one attached hydrogen (secondary N) is 1. The van der Waals surface area contributed by atoms with E-state index < -0.39 is 5.97 Å². The summed E-state index contributed by atoms with van der Waals surface area (Å²) in [5, 5.41) is 9.09. The molecule has 0 amide bonds. The molecule has 0 spiro atoms. The lowest BCUT2D eigenvalue weighted by molar-refractivity contribution is -0.137. The van der Waals surface area contributed by atoms with E-state index in [2.05, 4.69) is 21.9 Å². The van der Waals surface area contributed by atoms with E-state index in [-0.39, 0.29) is 12.3 Å². The van der Waals surface area contributed by atoms with Gasteiger partial charge in [0, 0.05) is 17.8 Å². The zero-order valence-corrected chi connectivity index (χ0v) is 11.0. The molecule has 1 aliphatic heterocycles. The lowest BCUT2D eigenvalue weighted by atomic mass is 9.80. The number of aryl methyl sites for hydroxylation is 1. The average molecular weight is 251 g/mol. The van der Waals surface area contributed by atoms with Crippen molar-refractivity contribution in [2.24, 2.45) is 5.92 Å². The number of rotatable bonds is 4. The molecule has 0 bridgehead atoms. The summed E-state index contributed by atoms with van der Waals surface area (Å²) in [4.78, 5) is 20.7. The van der Waals surface area contributed by atoms with Gasteiger partial charge in [0.1, 0.15) is 5.82 Å². The van der Waals surface area contributed by atoms with Crippen LogP contribution in [0.2, 0.25) is 0 Å². The third-order valence-electron chi connectivity index (χ3n) is 3.85. The number of aromatic amines is 1. The van der Waals surface area contributed by atoms with Crippen molar-refractivity contribution in [3.63, 3.8) is 0 Å². The first-order valence-electron chi connectivity index (χ1n) is 6.48. The summed E-state index contributed by atoms with van der Waals surface area (Å²) in [6.07, 6.45) is 4.11. The molecular formula is C13H21N3O2. The minimum Gasteiger partial charge on any atom is -0.481 e. The van der Waals surface area contributed by atoms with Crippen molar-refractivity contribution in [2.45, 2.75) is 32.1 Å². The quantitative estimate of drug-likeness (QED) is 0.853. The lowest BCUT2D eigenvalue weighted by Crippen LogP contribution is -2.33. The zero-order valence-electron chi connectivity index (χ0n) is 11.0. The van der Waals surface area contributed by atoms with E-state index in [1.807, 2.05) is 6.92 Å².